The normalized spacial score (nSPS) is 10.4. The zero-order chi connectivity index (χ0) is 17.3. The Bertz CT molecular complexity index is 780. The maximum atomic E-state index is 11.8. The van der Waals surface area contributed by atoms with Crippen LogP contribution in [0.1, 0.15) is 11.1 Å². The quantitative estimate of drug-likeness (QED) is 0.613. The zero-order valence-electron chi connectivity index (χ0n) is 13.3. The molecule has 2 heterocycles. The van der Waals surface area contributed by atoms with Gasteiger partial charge in [0.1, 0.15) is 17.9 Å². The lowest BCUT2D eigenvalue weighted by Gasteiger charge is -2.08. The minimum atomic E-state index is -0.0305. The van der Waals surface area contributed by atoms with Gasteiger partial charge in [0, 0.05) is 24.5 Å². The molecule has 0 bridgehead atoms. The van der Waals surface area contributed by atoms with Crippen LogP contribution >= 0.6 is 23.1 Å². The van der Waals surface area contributed by atoms with Crippen LogP contribution in [0.4, 0.5) is 0 Å². The molecule has 128 valence electrons. The van der Waals surface area contributed by atoms with E-state index in [1.54, 1.807) is 17.9 Å². The van der Waals surface area contributed by atoms with Gasteiger partial charge in [-0.05, 0) is 23.8 Å². The van der Waals surface area contributed by atoms with E-state index in [4.69, 9.17) is 4.74 Å². The van der Waals surface area contributed by atoms with Gasteiger partial charge in [0.2, 0.25) is 5.91 Å². The Morgan fingerprint density at radius 1 is 1.20 bits per heavy atom. The second-order valence-electron chi connectivity index (χ2n) is 5.06. The van der Waals surface area contributed by atoms with Gasteiger partial charge in [-0.3, -0.25) is 9.78 Å². The molecule has 6 nitrogen and oxygen atoms in total. The van der Waals surface area contributed by atoms with Crippen molar-refractivity contribution in [2.45, 2.75) is 17.5 Å². The summed E-state index contributed by atoms with van der Waals surface area (Å²) in [6.07, 6.45) is 3.52. The molecule has 0 unspecified atom stereocenters. The van der Waals surface area contributed by atoms with E-state index in [0.29, 0.717) is 18.9 Å². The number of amides is 1. The molecule has 0 atom stereocenters. The largest absolute Gasteiger partial charge is 0.489 e. The number of aromatic nitrogens is 3. The third kappa shape index (κ3) is 5.84. The van der Waals surface area contributed by atoms with Crippen molar-refractivity contribution in [3.8, 4) is 5.75 Å². The first-order valence-corrected chi connectivity index (χ1v) is 9.42. The lowest BCUT2D eigenvalue weighted by Crippen LogP contribution is -2.24. The van der Waals surface area contributed by atoms with Crippen molar-refractivity contribution in [1.82, 2.24) is 20.5 Å². The molecule has 0 saturated carbocycles. The standard InChI is InChI=1S/C17H16N4O2S2/c22-16(11-24-17-21-20-12-25-17)19-9-13-3-5-15(6-4-13)23-10-14-2-1-7-18-8-14/h1-8,12H,9-11H2,(H,19,22). The Balaban J connectivity index is 1.40. The van der Waals surface area contributed by atoms with E-state index in [-0.39, 0.29) is 5.91 Å². The summed E-state index contributed by atoms with van der Waals surface area (Å²) in [5.74, 6) is 1.09. The maximum absolute atomic E-state index is 11.8. The molecule has 1 N–H and O–H groups in total. The van der Waals surface area contributed by atoms with Gasteiger partial charge in [-0.1, -0.05) is 41.3 Å². The molecule has 0 aliphatic heterocycles. The van der Waals surface area contributed by atoms with Crippen LogP contribution in [0.3, 0.4) is 0 Å². The van der Waals surface area contributed by atoms with Crippen LogP contribution in [0.5, 0.6) is 5.75 Å². The highest BCUT2D eigenvalue weighted by atomic mass is 32.2. The van der Waals surface area contributed by atoms with E-state index < -0.39 is 0 Å². The molecule has 3 aromatic rings. The van der Waals surface area contributed by atoms with E-state index in [9.17, 15) is 4.79 Å². The number of benzene rings is 1. The molecule has 2 aromatic heterocycles. The van der Waals surface area contributed by atoms with E-state index in [1.807, 2.05) is 36.4 Å². The minimum Gasteiger partial charge on any atom is -0.489 e. The Hall–Kier alpha value is -2.45. The topological polar surface area (TPSA) is 77.0 Å². The molecule has 3 rings (SSSR count). The summed E-state index contributed by atoms with van der Waals surface area (Å²) in [5.41, 5.74) is 3.69. The Kier molecular flexibility index (Phi) is 6.35. The number of rotatable bonds is 8. The van der Waals surface area contributed by atoms with Crippen LogP contribution in [-0.4, -0.2) is 26.8 Å². The summed E-state index contributed by atoms with van der Waals surface area (Å²) >= 11 is 2.81. The van der Waals surface area contributed by atoms with Crippen molar-refractivity contribution in [2.75, 3.05) is 5.75 Å². The third-order valence-electron chi connectivity index (χ3n) is 3.21. The number of carbonyl (C=O) groups excluding carboxylic acids is 1. The van der Waals surface area contributed by atoms with E-state index >= 15 is 0 Å². The summed E-state index contributed by atoms with van der Waals surface area (Å²) in [5, 5.41) is 10.5. The first-order chi connectivity index (χ1) is 12.3. The second-order valence-corrected chi connectivity index (χ2v) is 7.12. The Labute approximate surface area is 153 Å². The second kappa shape index (κ2) is 9.14. The smallest absolute Gasteiger partial charge is 0.230 e. The fraction of sp³-hybridized carbons (Fsp3) is 0.176. The number of ether oxygens (including phenoxy) is 1. The molecular formula is C17H16N4O2S2. The average Bonchev–Trinajstić information content (AvgIpc) is 3.18. The molecule has 1 amide bonds. The van der Waals surface area contributed by atoms with Crippen LogP contribution in [0.2, 0.25) is 0 Å². The van der Waals surface area contributed by atoms with Gasteiger partial charge >= 0.3 is 0 Å². The first kappa shape index (κ1) is 17.4. The van der Waals surface area contributed by atoms with E-state index in [0.717, 1.165) is 21.2 Å². The first-order valence-electron chi connectivity index (χ1n) is 7.56. The van der Waals surface area contributed by atoms with Crippen LogP contribution in [0.25, 0.3) is 0 Å². The number of thioether (sulfide) groups is 1. The molecular weight excluding hydrogens is 356 g/mol. The number of nitrogens with one attached hydrogen (secondary N) is 1. The Morgan fingerprint density at radius 2 is 2.08 bits per heavy atom. The predicted octanol–water partition coefficient (Wildman–Crippen LogP) is 2.92. The van der Waals surface area contributed by atoms with Gasteiger partial charge in [-0.15, -0.1) is 10.2 Å². The van der Waals surface area contributed by atoms with E-state index in [2.05, 4.69) is 20.5 Å². The SMILES string of the molecule is O=C(CSc1nncs1)NCc1ccc(OCc2cccnc2)cc1. The number of hydrogen-bond acceptors (Lipinski definition) is 7. The van der Waals surface area contributed by atoms with Gasteiger partial charge in [0.05, 0.1) is 5.75 Å². The van der Waals surface area contributed by atoms with Gasteiger partial charge in [0.25, 0.3) is 0 Å². The minimum absolute atomic E-state index is 0.0305. The van der Waals surface area contributed by atoms with Crippen LogP contribution in [-0.2, 0) is 17.9 Å². The molecule has 0 aliphatic carbocycles. The Morgan fingerprint density at radius 3 is 2.80 bits per heavy atom. The van der Waals surface area contributed by atoms with Crippen molar-refractivity contribution >= 4 is 29.0 Å². The highest BCUT2D eigenvalue weighted by Crippen LogP contribution is 2.18. The van der Waals surface area contributed by atoms with Crippen molar-refractivity contribution in [3.63, 3.8) is 0 Å². The number of hydrogen-bond donors (Lipinski definition) is 1. The number of nitrogens with zero attached hydrogens (tertiary/aromatic N) is 3. The summed E-state index contributed by atoms with van der Waals surface area (Å²) in [6, 6.07) is 11.5. The lowest BCUT2D eigenvalue weighted by atomic mass is 10.2. The summed E-state index contributed by atoms with van der Waals surface area (Å²) < 4.78 is 6.51. The molecule has 25 heavy (non-hydrogen) atoms. The van der Waals surface area contributed by atoms with Gasteiger partial charge in [0.15, 0.2) is 4.34 Å². The molecule has 0 radical (unpaired) electrons. The number of carbonyl (C=O) groups is 1. The van der Waals surface area contributed by atoms with Crippen molar-refractivity contribution in [3.05, 3.63) is 65.4 Å². The van der Waals surface area contributed by atoms with Gasteiger partial charge < -0.3 is 10.1 Å². The van der Waals surface area contributed by atoms with Crippen LogP contribution < -0.4 is 10.1 Å². The summed E-state index contributed by atoms with van der Waals surface area (Å²) in [6.45, 7) is 0.963. The van der Waals surface area contributed by atoms with Crippen molar-refractivity contribution in [2.24, 2.45) is 0 Å². The fourth-order valence-electron chi connectivity index (χ4n) is 1.96. The van der Waals surface area contributed by atoms with E-state index in [1.165, 1.54) is 23.1 Å². The highest BCUT2D eigenvalue weighted by Gasteiger charge is 2.05. The van der Waals surface area contributed by atoms with Crippen LogP contribution in [0, 0.1) is 0 Å². The summed E-state index contributed by atoms with van der Waals surface area (Å²) in [7, 11) is 0. The average molecular weight is 372 g/mol. The molecule has 1 aromatic carbocycles. The molecule has 8 heteroatoms. The molecule has 0 fully saturated rings. The number of pyridine rings is 1. The van der Waals surface area contributed by atoms with Gasteiger partial charge in [-0.2, -0.15) is 0 Å². The summed E-state index contributed by atoms with van der Waals surface area (Å²) in [4.78, 5) is 15.9. The van der Waals surface area contributed by atoms with Gasteiger partial charge in [-0.25, -0.2) is 0 Å². The fourth-order valence-corrected chi connectivity index (χ4v) is 3.28. The molecule has 0 aliphatic rings. The third-order valence-corrected chi connectivity index (χ3v) is 5.07. The lowest BCUT2D eigenvalue weighted by molar-refractivity contribution is -0.118. The van der Waals surface area contributed by atoms with Crippen molar-refractivity contribution in [1.29, 1.82) is 0 Å². The maximum Gasteiger partial charge on any atom is 0.230 e. The zero-order valence-corrected chi connectivity index (χ0v) is 14.9. The monoisotopic (exact) mass is 372 g/mol. The molecule has 0 saturated heterocycles. The highest BCUT2D eigenvalue weighted by molar-refractivity contribution is 8.01. The predicted molar refractivity (Wildman–Crippen MR) is 97.5 cm³/mol. The van der Waals surface area contributed by atoms with Crippen molar-refractivity contribution < 1.29 is 9.53 Å². The molecule has 0 spiro atoms. The van der Waals surface area contributed by atoms with Crippen LogP contribution in [0.15, 0.2) is 58.6 Å².